The maximum atomic E-state index is 4.23. The van der Waals surface area contributed by atoms with Crippen molar-refractivity contribution >= 4 is 18.0 Å². The smallest absolute Gasteiger partial charge is 0.115 e. The Balaban J connectivity index is 1.90. The van der Waals surface area contributed by atoms with E-state index < -0.39 is 0 Å². The van der Waals surface area contributed by atoms with Crippen molar-refractivity contribution in [1.82, 2.24) is 4.90 Å². The van der Waals surface area contributed by atoms with Gasteiger partial charge in [-0.15, -0.1) is 0 Å². The highest BCUT2D eigenvalue weighted by Crippen LogP contribution is 2.23. The summed E-state index contributed by atoms with van der Waals surface area (Å²) in [6.45, 7) is 0.658. The number of hydrogen-bond acceptors (Lipinski definition) is 3. The quantitative estimate of drug-likeness (QED) is 0.792. The van der Waals surface area contributed by atoms with Crippen LogP contribution in [0, 0.1) is 0 Å². The molecule has 0 atom stereocenters. The molecule has 84 valence electrons. The van der Waals surface area contributed by atoms with Crippen LogP contribution in [0.25, 0.3) is 6.08 Å². The Morgan fingerprint density at radius 3 is 3.00 bits per heavy atom. The summed E-state index contributed by atoms with van der Waals surface area (Å²) in [5.41, 5.74) is 2.32. The van der Waals surface area contributed by atoms with Crippen LogP contribution in [-0.4, -0.2) is 17.8 Å². The lowest BCUT2D eigenvalue weighted by atomic mass is 10.2. The van der Waals surface area contributed by atoms with Crippen molar-refractivity contribution in [3.05, 3.63) is 60.1 Å². The Morgan fingerprint density at radius 1 is 1.18 bits per heavy atom. The van der Waals surface area contributed by atoms with E-state index in [4.69, 9.17) is 0 Å². The van der Waals surface area contributed by atoms with E-state index in [0.29, 0.717) is 6.67 Å². The third-order valence-corrected chi connectivity index (χ3v) is 2.75. The maximum Gasteiger partial charge on any atom is 0.115 e. The van der Waals surface area contributed by atoms with E-state index >= 15 is 0 Å². The third-order valence-electron chi connectivity index (χ3n) is 2.75. The molecule has 1 aromatic carbocycles. The van der Waals surface area contributed by atoms with Crippen LogP contribution in [0.3, 0.4) is 0 Å². The monoisotopic (exact) mass is 223 g/mol. The molecule has 0 aliphatic carbocycles. The lowest BCUT2D eigenvalue weighted by molar-refractivity contribution is 0.482. The van der Waals surface area contributed by atoms with Crippen molar-refractivity contribution in [2.45, 2.75) is 0 Å². The van der Waals surface area contributed by atoms with Crippen LogP contribution in [0.5, 0.6) is 0 Å². The van der Waals surface area contributed by atoms with Crippen molar-refractivity contribution in [2.24, 2.45) is 4.99 Å². The molecule has 3 heteroatoms. The molecule has 17 heavy (non-hydrogen) atoms. The molecule has 1 N–H and O–H groups in total. The molecule has 0 saturated heterocycles. The van der Waals surface area contributed by atoms with Crippen molar-refractivity contribution in [2.75, 3.05) is 12.0 Å². The number of nitrogens with zero attached hydrogens (tertiary/aromatic N) is 2. The largest absolute Gasteiger partial charge is 0.341 e. The standard InChI is InChI=1S/C14H13N3/c1-2-7-13-12(5-1)6-3-8-14(16-13)17-10-4-9-15-11-17/h1-10,16H,11H2. The molecule has 2 aliphatic rings. The first kappa shape index (κ1) is 9.90. The normalized spacial score (nSPS) is 17.2. The van der Waals surface area contributed by atoms with E-state index in [1.54, 1.807) is 0 Å². The van der Waals surface area contributed by atoms with Gasteiger partial charge in [0.05, 0.1) is 0 Å². The summed E-state index contributed by atoms with van der Waals surface area (Å²) in [7, 11) is 0. The maximum absolute atomic E-state index is 4.23. The second-order valence-corrected chi connectivity index (χ2v) is 3.91. The molecule has 0 aromatic heterocycles. The van der Waals surface area contributed by atoms with Crippen molar-refractivity contribution < 1.29 is 0 Å². The summed E-state index contributed by atoms with van der Waals surface area (Å²) < 4.78 is 0. The predicted molar refractivity (Wildman–Crippen MR) is 71.5 cm³/mol. The van der Waals surface area contributed by atoms with Crippen LogP contribution in [-0.2, 0) is 0 Å². The van der Waals surface area contributed by atoms with Gasteiger partial charge in [0.15, 0.2) is 0 Å². The molecular formula is C14H13N3. The lowest BCUT2D eigenvalue weighted by Gasteiger charge is -2.24. The van der Waals surface area contributed by atoms with Crippen LogP contribution in [0.4, 0.5) is 5.69 Å². The number of fused-ring (bicyclic) bond motifs is 1. The van der Waals surface area contributed by atoms with Crippen LogP contribution in [0.1, 0.15) is 5.56 Å². The second-order valence-electron chi connectivity index (χ2n) is 3.91. The molecule has 0 bridgehead atoms. The number of allylic oxidation sites excluding steroid dienone is 3. The van der Waals surface area contributed by atoms with Gasteiger partial charge in [0.2, 0.25) is 0 Å². The molecule has 0 amide bonds. The van der Waals surface area contributed by atoms with Crippen LogP contribution in [0.15, 0.2) is 59.5 Å². The zero-order valence-corrected chi connectivity index (χ0v) is 9.38. The highest BCUT2D eigenvalue weighted by atomic mass is 15.3. The van der Waals surface area contributed by atoms with E-state index in [9.17, 15) is 0 Å². The molecule has 3 nitrogen and oxygen atoms in total. The number of benzene rings is 1. The Morgan fingerprint density at radius 2 is 2.12 bits per heavy atom. The Kier molecular flexibility index (Phi) is 2.50. The topological polar surface area (TPSA) is 27.6 Å². The van der Waals surface area contributed by atoms with E-state index in [1.165, 1.54) is 5.56 Å². The van der Waals surface area contributed by atoms with Gasteiger partial charge in [-0.1, -0.05) is 30.4 Å². The number of hydrogen-bond donors (Lipinski definition) is 1. The summed E-state index contributed by atoms with van der Waals surface area (Å²) in [5.74, 6) is 1.04. The minimum atomic E-state index is 0.658. The Labute approximate surface area is 100 Å². The molecular weight excluding hydrogens is 210 g/mol. The highest BCUT2D eigenvalue weighted by Gasteiger charge is 2.10. The zero-order chi connectivity index (χ0) is 11.5. The van der Waals surface area contributed by atoms with Gasteiger partial charge in [0.25, 0.3) is 0 Å². The Bertz CT molecular complexity index is 538. The van der Waals surface area contributed by atoms with Crippen molar-refractivity contribution in [3.63, 3.8) is 0 Å². The van der Waals surface area contributed by atoms with Gasteiger partial charge in [0, 0.05) is 18.1 Å². The zero-order valence-electron chi connectivity index (χ0n) is 9.38. The number of anilines is 1. The molecule has 0 radical (unpaired) electrons. The molecule has 1 aromatic rings. The Hall–Kier alpha value is -2.29. The highest BCUT2D eigenvalue weighted by molar-refractivity contribution is 5.73. The minimum absolute atomic E-state index is 0.658. The van der Waals surface area contributed by atoms with E-state index in [-0.39, 0.29) is 0 Å². The second kappa shape index (κ2) is 4.29. The van der Waals surface area contributed by atoms with Gasteiger partial charge in [-0.2, -0.15) is 0 Å². The van der Waals surface area contributed by atoms with Crippen LogP contribution >= 0.6 is 0 Å². The van der Waals surface area contributed by atoms with E-state index in [1.807, 2.05) is 30.6 Å². The molecule has 0 fully saturated rings. The average Bonchev–Trinajstić information content (AvgIpc) is 2.62. The fourth-order valence-electron chi connectivity index (χ4n) is 1.89. The molecule has 2 aliphatic heterocycles. The van der Waals surface area contributed by atoms with Gasteiger partial charge in [-0.3, -0.25) is 4.99 Å². The first-order valence-electron chi connectivity index (χ1n) is 5.61. The summed E-state index contributed by atoms with van der Waals surface area (Å²) in [4.78, 5) is 6.31. The number of nitrogens with one attached hydrogen (secondary N) is 1. The number of para-hydroxylation sites is 1. The predicted octanol–water partition coefficient (Wildman–Crippen LogP) is 2.82. The summed E-state index contributed by atoms with van der Waals surface area (Å²) in [6.07, 6.45) is 12.0. The third kappa shape index (κ3) is 1.99. The fraction of sp³-hybridized carbons (Fsp3) is 0.0714. The van der Waals surface area contributed by atoms with Crippen LogP contribution in [0.2, 0.25) is 0 Å². The fourth-order valence-corrected chi connectivity index (χ4v) is 1.89. The number of rotatable bonds is 1. The molecule has 0 unspecified atom stereocenters. The SMILES string of the molecule is C1=Cc2ccccc2NC(N2C=CC=NC2)=C1. The van der Waals surface area contributed by atoms with Crippen molar-refractivity contribution in [1.29, 1.82) is 0 Å². The number of aliphatic imine (C=N–C) groups is 1. The molecule has 3 rings (SSSR count). The van der Waals surface area contributed by atoms with Crippen LogP contribution < -0.4 is 5.32 Å². The van der Waals surface area contributed by atoms with Gasteiger partial charge in [-0.25, -0.2) is 0 Å². The minimum Gasteiger partial charge on any atom is -0.341 e. The first-order valence-corrected chi connectivity index (χ1v) is 5.61. The van der Waals surface area contributed by atoms with Gasteiger partial charge >= 0.3 is 0 Å². The first-order chi connectivity index (χ1) is 8.43. The van der Waals surface area contributed by atoms with E-state index in [0.717, 1.165) is 11.5 Å². The summed E-state index contributed by atoms with van der Waals surface area (Å²) in [5, 5.41) is 3.43. The average molecular weight is 223 g/mol. The van der Waals surface area contributed by atoms with Gasteiger partial charge < -0.3 is 10.2 Å². The molecule has 2 heterocycles. The lowest BCUT2D eigenvalue weighted by Crippen LogP contribution is -2.23. The van der Waals surface area contributed by atoms with Gasteiger partial charge in [0.1, 0.15) is 12.5 Å². The summed E-state index contributed by atoms with van der Waals surface area (Å²) >= 11 is 0. The molecule has 0 saturated carbocycles. The molecule has 0 spiro atoms. The summed E-state index contributed by atoms with van der Waals surface area (Å²) in [6, 6.07) is 8.25. The van der Waals surface area contributed by atoms with Crippen molar-refractivity contribution in [3.8, 4) is 0 Å². The van der Waals surface area contributed by atoms with E-state index in [2.05, 4.69) is 45.6 Å². The van der Waals surface area contributed by atoms with Gasteiger partial charge in [-0.05, 0) is 23.8 Å².